The lowest BCUT2D eigenvalue weighted by Crippen LogP contribution is -2.37. The highest BCUT2D eigenvalue weighted by Crippen LogP contribution is 2.23. The average molecular weight is 212 g/mol. The number of hydrogen-bond donors (Lipinski definition) is 1. The van der Waals surface area contributed by atoms with E-state index in [9.17, 15) is 0 Å². The molecule has 0 aromatic heterocycles. The summed E-state index contributed by atoms with van der Waals surface area (Å²) in [6.45, 7) is 11.7. The fourth-order valence-electron chi connectivity index (χ4n) is 2.32. The second kappa shape index (κ2) is 5.86. The summed E-state index contributed by atoms with van der Waals surface area (Å²) in [4.78, 5) is 2.63. The molecule has 0 bridgehead atoms. The molecule has 90 valence electrons. The van der Waals surface area contributed by atoms with Crippen LogP contribution in [0.3, 0.4) is 0 Å². The SMILES string of the molecule is CC(C)(C)CCN1CCCC(CCN)C1. The first kappa shape index (κ1) is 13.0. The average Bonchev–Trinajstić information content (AvgIpc) is 2.15. The summed E-state index contributed by atoms with van der Waals surface area (Å²) in [5.74, 6) is 0.865. The molecule has 0 radical (unpaired) electrons. The lowest BCUT2D eigenvalue weighted by molar-refractivity contribution is 0.151. The van der Waals surface area contributed by atoms with Crippen molar-refractivity contribution in [2.75, 3.05) is 26.2 Å². The van der Waals surface area contributed by atoms with Crippen molar-refractivity contribution in [2.45, 2.75) is 46.5 Å². The quantitative estimate of drug-likeness (QED) is 0.776. The van der Waals surface area contributed by atoms with Gasteiger partial charge in [-0.15, -0.1) is 0 Å². The van der Waals surface area contributed by atoms with Gasteiger partial charge in [0.25, 0.3) is 0 Å². The van der Waals surface area contributed by atoms with Crippen LogP contribution in [0.1, 0.15) is 46.5 Å². The molecule has 2 nitrogen and oxygen atoms in total. The van der Waals surface area contributed by atoms with Crippen molar-refractivity contribution < 1.29 is 0 Å². The molecule has 0 saturated carbocycles. The maximum atomic E-state index is 5.63. The maximum Gasteiger partial charge on any atom is 0.00101 e. The highest BCUT2D eigenvalue weighted by molar-refractivity contribution is 4.75. The van der Waals surface area contributed by atoms with Crippen LogP contribution in [-0.4, -0.2) is 31.1 Å². The maximum absolute atomic E-state index is 5.63. The zero-order valence-electron chi connectivity index (χ0n) is 10.8. The van der Waals surface area contributed by atoms with E-state index < -0.39 is 0 Å². The summed E-state index contributed by atoms with van der Waals surface area (Å²) in [6.07, 6.45) is 5.28. The topological polar surface area (TPSA) is 29.3 Å². The molecule has 0 spiro atoms. The molecule has 1 rings (SSSR count). The summed E-state index contributed by atoms with van der Waals surface area (Å²) < 4.78 is 0. The van der Waals surface area contributed by atoms with Gasteiger partial charge in [0.1, 0.15) is 0 Å². The molecule has 0 aliphatic carbocycles. The van der Waals surface area contributed by atoms with Gasteiger partial charge in [0.15, 0.2) is 0 Å². The Morgan fingerprint density at radius 3 is 2.67 bits per heavy atom. The van der Waals surface area contributed by atoms with E-state index in [1.54, 1.807) is 0 Å². The Labute approximate surface area is 95.2 Å². The van der Waals surface area contributed by atoms with Gasteiger partial charge in [0.05, 0.1) is 0 Å². The third-order valence-electron chi connectivity index (χ3n) is 3.36. The molecule has 1 saturated heterocycles. The standard InChI is InChI=1S/C13H28N2/c1-13(2,3)7-10-15-9-4-5-12(11-15)6-8-14/h12H,4-11,14H2,1-3H3. The van der Waals surface area contributed by atoms with Crippen LogP contribution < -0.4 is 5.73 Å². The Kier molecular flexibility index (Phi) is 5.07. The molecule has 1 fully saturated rings. The zero-order chi connectivity index (χ0) is 11.3. The van der Waals surface area contributed by atoms with Gasteiger partial charge in [-0.1, -0.05) is 20.8 Å². The third-order valence-corrected chi connectivity index (χ3v) is 3.36. The predicted octanol–water partition coefficient (Wildman–Crippen LogP) is 2.48. The summed E-state index contributed by atoms with van der Waals surface area (Å²) in [7, 11) is 0. The van der Waals surface area contributed by atoms with Gasteiger partial charge in [-0.05, 0) is 56.7 Å². The summed E-state index contributed by atoms with van der Waals surface area (Å²) in [5, 5.41) is 0. The van der Waals surface area contributed by atoms with Crippen LogP contribution in [0, 0.1) is 11.3 Å². The molecule has 1 unspecified atom stereocenters. The van der Waals surface area contributed by atoms with Gasteiger partial charge in [0, 0.05) is 6.54 Å². The van der Waals surface area contributed by atoms with Crippen molar-refractivity contribution in [3.05, 3.63) is 0 Å². The highest BCUT2D eigenvalue weighted by atomic mass is 15.1. The minimum Gasteiger partial charge on any atom is -0.330 e. The minimum absolute atomic E-state index is 0.473. The van der Waals surface area contributed by atoms with Gasteiger partial charge in [-0.25, -0.2) is 0 Å². The summed E-state index contributed by atoms with van der Waals surface area (Å²) in [6, 6.07) is 0. The fraction of sp³-hybridized carbons (Fsp3) is 1.00. The molecular weight excluding hydrogens is 184 g/mol. The molecule has 0 amide bonds. The van der Waals surface area contributed by atoms with E-state index in [4.69, 9.17) is 5.73 Å². The van der Waals surface area contributed by atoms with Crippen molar-refractivity contribution >= 4 is 0 Å². The van der Waals surface area contributed by atoms with Crippen LogP contribution >= 0.6 is 0 Å². The van der Waals surface area contributed by atoms with Crippen LogP contribution in [0.4, 0.5) is 0 Å². The number of likely N-dealkylation sites (tertiary alicyclic amines) is 1. The number of hydrogen-bond acceptors (Lipinski definition) is 2. The molecule has 1 heterocycles. The number of nitrogens with two attached hydrogens (primary N) is 1. The molecule has 1 aliphatic rings. The third kappa shape index (κ3) is 5.53. The van der Waals surface area contributed by atoms with Crippen molar-refractivity contribution in [1.82, 2.24) is 4.90 Å². The first-order chi connectivity index (χ1) is 7.01. The van der Waals surface area contributed by atoms with Crippen LogP contribution in [0.25, 0.3) is 0 Å². The Morgan fingerprint density at radius 1 is 1.33 bits per heavy atom. The second-order valence-electron chi connectivity index (χ2n) is 6.20. The number of rotatable bonds is 4. The number of nitrogens with zero attached hydrogens (tertiary/aromatic N) is 1. The molecule has 0 aromatic rings. The van der Waals surface area contributed by atoms with E-state index in [-0.39, 0.29) is 0 Å². The largest absolute Gasteiger partial charge is 0.330 e. The second-order valence-corrected chi connectivity index (χ2v) is 6.20. The van der Waals surface area contributed by atoms with Gasteiger partial charge in [-0.2, -0.15) is 0 Å². The van der Waals surface area contributed by atoms with Gasteiger partial charge in [-0.3, -0.25) is 0 Å². The van der Waals surface area contributed by atoms with E-state index in [1.165, 1.54) is 45.3 Å². The van der Waals surface area contributed by atoms with E-state index in [1.807, 2.05) is 0 Å². The Hall–Kier alpha value is -0.0800. The summed E-state index contributed by atoms with van der Waals surface area (Å²) in [5.41, 5.74) is 6.10. The van der Waals surface area contributed by atoms with E-state index in [0.29, 0.717) is 5.41 Å². The monoisotopic (exact) mass is 212 g/mol. The first-order valence-electron chi connectivity index (χ1n) is 6.44. The molecule has 1 aliphatic heterocycles. The van der Waals surface area contributed by atoms with E-state index >= 15 is 0 Å². The lowest BCUT2D eigenvalue weighted by Gasteiger charge is -2.34. The van der Waals surface area contributed by atoms with Gasteiger partial charge >= 0.3 is 0 Å². The molecule has 0 aromatic carbocycles. The zero-order valence-corrected chi connectivity index (χ0v) is 10.8. The van der Waals surface area contributed by atoms with Crippen LogP contribution in [0.5, 0.6) is 0 Å². The Balaban J connectivity index is 2.24. The minimum atomic E-state index is 0.473. The lowest BCUT2D eigenvalue weighted by atomic mass is 9.90. The van der Waals surface area contributed by atoms with Gasteiger partial charge in [0.2, 0.25) is 0 Å². The molecule has 1 atom stereocenters. The normalized spacial score (nSPS) is 24.4. The molecule has 2 heteroatoms. The van der Waals surface area contributed by atoms with Crippen molar-refractivity contribution in [3.63, 3.8) is 0 Å². The number of piperidine rings is 1. The predicted molar refractivity (Wildman–Crippen MR) is 66.9 cm³/mol. The van der Waals surface area contributed by atoms with Crippen LogP contribution in [0.2, 0.25) is 0 Å². The highest BCUT2D eigenvalue weighted by Gasteiger charge is 2.20. The molecular formula is C13H28N2. The van der Waals surface area contributed by atoms with E-state index in [0.717, 1.165) is 12.5 Å². The van der Waals surface area contributed by atoms with Crippen LogP contribution in [-0.2, 0) is 0 Å². The van der Waals surface area contributed by atoms with Gasteiger partial charge < -0.3 is 10.6 Å². The summed E-state index contributed by atoms with van der Waals surface area (Å²) >= 11 is 0. The first-order valence-corrected chi connectivity index (χ1v) is 6.44. The van der Waals surface area contributed by atoms with Crippen LogP contribution in [0.15, 0.2) is 0 Å². The van der Waals surface area contributed by atoms with Crippen molar-refractivity contribution in [3.8, 4) is 0 Å². The van der Waals surface area contributed by atoms with Crippen molar-refractivity contribution in [1.29, 1.82) is 0 Å². The molecule has 15 heavy (non-hydrogen) atoms. The van der Waals surface area contributed by atoms with Crippen molar-refractivity contribution in [2.24, 2.45) is 17.1 Å². The smallest absolute Gasteiger partial charge is 0.00101 e. The molecule has 2 N–H and O–H groups in total. The fourth-order valence-corrected chi connectivity index (χ4v) is 2.32. The Bertz CT molecular complexity index is 170. The Morgan fingerprint density at radius 2 is 2.07 bits per heavy atom. The van der Waals surface area contributed by atoms with E-state index in [2.05, 4.69) is 25.7 Å².